The number of likely N-dealkylation sites (tertiary alicyclic amines) is 1. The van der Waals surface area contributed by atoms with Crippen molar-refractivity contribution in [2.24, 2.45) is 0 Å². The lowest BCUT2D eigenvalue weighted by molar-refractivity contribution is -0.229. The smallest absolute Gasteiger partial charge is 0.475 e. The molecule has 1 aromatic carbocycles. The molecule has 3 rings (SSSR count). The van der Waals surface area contributed by atoms with Gasteiger partial charge in [-0.05, 0) is 37.6 Å². The van der Waals surface area contributed by atoms with Crippen LogP contribution in [0.2, 0.25) is 0 Å². The summed E-state index contributed by atoms with van der Waals surface area (Å²) >= 11 is 0. The molecule has 2 aliphatic heterocycles. The Hall–Kier alpha value is -3.32. The number of ether oxygens (including phenoxy) is 1. The van der Waals surface area contributed by atoms with E-state index in [-0.39, 0.29) is 5.60 Å². The van der Waals surface area contributed by atoms with Gasteiger partial charge in [-0.3, -0.25) is 4.90 Å². The molecule has 0 bridgehead atoms. The van der Waals surface area contributed by atoms with E-state index in [4.69, 9.17) is 34.4 Å². The Kier molecular flexibility index (Phi) is 16.8. The fourth-order valence-electron chi connectivity index (χ4n) is 4.39. The number of carboxylic acids is 3. The fraction of sp³-hybridized carbons (Fsp3) is 0.667. The van der Waals surface area contributed by atoms with Gasteiger partial charge in [-0.25, -0.2) is 14.4 Å². The summed E-state index contributed by atoms with van der Waals surface area (Å²) in [5, 5.41) is 21.4. The molecule has 46 heavy (non-hydrogen) atoms. The summed E-state index contributed by atoms with van der Waals surface area (Å²) in [5.74, 6) is -8.27. The lowest BCUT2D eigenvalue weighted by Crippen LogP contribution is -2.59. The zero-order valence-corrected chi connectivity index (χ0v) is 25.5. The van der Waals surface area contributed by atoms with Crippen LogP contribution in [0.3, 0.4) is 0 Å². The minimum Gasteiger partial charge on any atom is -0.475 e. The second kappa shape index (κ2) is 18.1. The van der Waals surface area contributed by atoms with Crippen molar-refractivity contribution < 1.29 is 74.0 Å². The van der Waals surface area contributed by atoms with E-state index in [9.17, 15) is 39.5 Å². The lowest BCUT2D eigenvalue weighted by Gasteiger charge is -2.53. The van der Waals surface area contributed by atoms with Gasteiger partial charge in [-0.1, -0.05) is 32.0 Å². The van der Waals surface area contributed by atoms with E-state index in [2.05, 4.69) is 66.9 Å². The Bertz CT molecular complexity index is 1040. The van der Waals surface area contributed by atoms with Gasteiger partial charge in [0.25, 0.3) is 0 Å². The minimum atomic E-state index is -5.08. The average molecular weight is 688 g/mol. The third-order valence-corrected chi connectivity index (χ3v) is 6.73. The maximum atomic E-state index is 10.6. The molecule has 1 spiro atoms. The molecule has 266 valence electrons. The number of aliphatic carboxylic acids is 3. The van der Waals surface area contributed by atoms with Crippen molar-refractivity contribution in [1.29, 1.82) is 0 Å². The third kappa shape index (κ3) is 15.8. The predicted octanol–water partition coefficient (Wildman–Crippen LogP) is 5.12. The molecule has 1 aromatic rings. The van der Waals surface area contributed by atoms with Gasteiger partial charge in [0.1, 0.15) is 0 Å². The van der Waals surface area contributed by atoms with Crippen LogP contribution in [0, 0.1) is 0 Å². The molecule has 0 saturated carbocycles. The van der Waals surface area contributed by atoms with Crippen LogP contribution in [0.5, 0.6) is 0 Å². The van der Waals surface area contributed by atoms with Crippen molar-refractivity contribution >= 4 is 23.6 Å². The van der Waals surface area contributed by atoms with Crippen LogP contribution < -0.4 is 4.90 Å². The van der Waals surface area contributed by atoms with Crippen LogP contribution in [0.15, 0.2) is 24.3 Å². The van der Waals surface area contributed by atoms with Crippen molar-refractivity contribution in [3.05, 3.63) is 29.8 Å². The number of nitrogens with zero attached hydrogens (tertiary/aromatic N) is 3. The van der Waals surface area contributed by atoms with Gasteiger partial charge in [-0.2, -0.15) is 39.5 Å². The Morgan fingerprint density at radius 3 is 1.52 bits per heavy atom. The van der Waals surface area contributed by atoms with Crippen molar-refractivity contribution in [2.75, 3.05) is 51.7 Å². The predicted molar refractivity (Wildman–Crippen MR) is 146 cm³/mol. The van der Waals surface area contributed by atoms with Gasteiger partial charge in [-0.15, -0.1) is 0 Å². The largest absolute Gasteiger partial charge is 0.490 e. The summed E-state index contributed by atoms with van der Waals surface area (Å²) < 4.78 is 102. The van der Waals surface area contributed by atoms with Gasteiger partial charge in [0.05, 0.1) is 11.7 Å². The molecule has 19 heteroatoms. The van der Waals surface area contributed by atoms with Gasteiger partial charge in [0.15, 0.2) is 0 Å². The summed E-state index contributed by atoms with van der Waals surface area (Å²) in [4.78, 5) is 34.0. The highest BCUT2D eigenvalue weighted by atomic mass is 19.4. The van der Waals surface area contributed by atoms with E-state index in [1.165, 1.54) is 30.5 Å². The van der Waals surface area contributed by atoms with Crippen molar-refractivity contribution in [3.63, 3.8) is 0 Å². The first-order valence-corrected chi connectivity index (χ1v) is 13.7. The van der Waals surface area contributed by atoms with Gasteiger partial charge < -0.3 is 29.9 Å². The zero-order chi connectivity index (χ0) is 36.1. The molecule has 0 aliphatic carbocycles. The van der Waals surface area contributed by atoms with Crippen LogP contribution >= 0.6 is 0 Å². The lowest BCUT2D eigenvalue weighted by atomic mass is 9.80. The van der Waals surface area contributed by atoms with Crippen molar-refractivity contribution in [3.8, 4) is 0 Å². The number of hydrogen-bond donors (Lipinski definition) is 3. The number of piperidine rings is 1. The van der Waals surface area contributed by atoms with Crippen LogP contribution in [0.1, 0.15) is 38.7 Å². The highest BCUT2D eigenvalue weighted by molar-refractivity contribution is 5.73. The highest BCUT2D eigenvalue weighted by Crippen LogP contribution is 2.42. The topological polar surface area (TPSA) is 131 Å². The highest BCUT2D eigenvalue weighted by Gasteiger charge is 2.47. The Labute approximate surface area is 259 Å². The molecule has 2 saturated heterocycles. The molecular formula is C27H38F9N3O7. The quantitative estimate of drug-likeness (QED) is 0.332. The SMILES string of the molecule is CCN(CC)CC1CC2(CCN(Cc3ccccc3N(C)C)CC2)O1.O=C(O)C(F)(F)F.O=C(O)C(F)(F)F.O=C(O)C(F)(F)F. The number of carboxylic acid groups (broad SMARTS) is 3. The first kappa shape index (κ1) is 42.7. The van der Waals surface area contributed by atoms with E-state index < -0.39 is 36.4 Å². The number of halogens is 9. The number of alkyl halides is 9. The summed E-state index contributed by atoms with van der Waals surface area (Å²) in [6.07, 6.45) is -11.2. The monoisotopic (exact) mass is 687 g/mol. The molecule has 3 N–H and O–H groups in total. The summed E-state index contributed by atoms with van der Waals surface area (Å²) in [6, 6.07) is 8.76. The van der Waals surface area contributed by atoms with E-state index in [1.54, 1.807) is 0 Å². The van der Waals surface area contributed by atoms with E-state index >= 15 is 0 Å². The molecule has 2 heterocycles. The normalized spacial score (nSPS) is 17.7. The fourth-order valence-corrected chi connectivity index (χ4v) is 4.39. The number of anilines is 1. The Balaban J connectivity index is 0.000000786. The van der Waals surface area contributed by atoms with Crippen LogP contribution in [-0.2, 0) is 25.7 Å². The van der Waals surface area contributed by atoms with Crippen LogP contribution in [0.4, 0.5) is 45.2 Å². The van der Waals surface area contributed by atoms with E-state index in [1.807, 2.05) is 0 Å². The molecule has 1 unspecified atom stereocenters. The molecule has 0 aromatic heterocycles. The molecule has 2 aliphatic rings. The molecule has 2 fully saturated rings. The molecule has 10 nitrogen and oxygen atoms in total. The van der Waals surface area contributed by atoms with Crippen molar-refractivity contribution in [1.82, 2.24) is 9.80 Å². The maximum Gasteiger partial charge on any atom is 0.490 e. The molecular weight excluding hydrogens is 649 g/mol. The number of hydrogen-bond acceptors (Lipinski definition) is 7. The third-order valence-electron chi connectivity index (χ3n) is 6.73. The van der Waals surface area contributed by atoms with Crippen molar-refractivity contribution in [2.45, 2.75) is 69.9 Å². The summed E-state index contributed by atoms with van der Waals surface area (Å²) in [7, 11) is 4.25. The first-order valence-electron chi connectivity index (χ1n) is 13.7. The number of rotatable bonds is 7. The number of para-hydroxylation sites is 1. The van der Waals surface area contributed by atoms with Crippen LogP contribution in [0.25, 0.3) is 0 Å². The number of likely N-dealkylation sites (N-methyl/N-ethyl adjacent to an activating group) is 1. The number of carbonyl (C=O) groups is 3. The van der Waals surface area contributed by atoms with Crippen LogP contribution in [-0.4, -0.2) is 120 Å². The number of benzene rings is 1. The molecule has 1 atom stereocenters. The Morgan fingerprint density at radius 2 is 1.20 bits per heavy atom. The van der Waals surface area contributed by atoms with E-state index in [0.29, 0.717) is 6.10 Å². The van der Waals surface area contributed by atoms with Gasteiger partial charge >= 0.3 is 36.4 Å². The summed E-state index contributed by atoms with van der Waals surface area (Å²) in [5.41, 5.74) is 2.95. The van der Waals surface area contributed by atoms with E-state index in [0.717, 1.165) is 39.3 Å². The minimum absolute atomic E-state index is 0.190. The van der Waals surface area contributed by atoms with Gasteiger partial charge in [0.2, 0.25) is 0 Å². The first-order chi connectivity index (χ1) is 20.9. The zero-order valence-electron chi connectivity index (χ0n) is 25.5. The summed E-state index contributed by atoms with van der Waals surface area (Å²) in [6.45, 7) is 11.2. The Morgan fingerprint density at radius 1 is 0.826 bits per heavy atom. The molecule has 0 radical (unpaired) electrons. The average Bonchev–Trinajstić information content (AvgIpc) is 2.91. The maximum absolute atomic E-state index is 10.6. The second-order valence-electron chi connectivity index (χ2n) is 10.3. The van der Waals surface area contributed by atoms with Gasteiger partial charge in [0, 0.05) is 52.4 Å². The second-order valence-corrected chi connectivity index (χ2v) is 10.3. The molecule has 0 amide bonds. The standard InChI is InChI=1S/C21H35N3O.3C2HF3O2/c1-5-23(6-2)17-19-15-21(25-19)11-13-24(14-12-21)16-18-9-7-8-10-20(18)22(3)4;3*3-2(4,5)1(6)7/h7-10,19H,5-6,11-17H2,1-4H3;3*(H,6,7).